The quantitative estimate of drug-likeness (QED) is 0.371. The van der Waals surface area contributed by atoms with Gasteiger partial charge in [0.15, 0.2) is 20.6 Å². The van der Waals surface area contributed by atoms with Crippen molar-refractivity contribution in [1.82, 2.24) is 15.3 Å². The van der Waals surface area contributed by atoms with Gasteiger partial charge in [0.2, 0.25) is 0 Å². The number of nitrogens with one attached hydrogen (secondary N) is 2. The third kappa shape index (κ3) is 5.88. The van der Waals surface area contributed by atoms with Gasteiger partial charge in [-0.3, -0.25) is 5.32 Å². The van der Waals surface area contributed by atoms with E-state index >= 15 is 0 Å². The lowest BCUT2D eigenvalue weighted by atomic mass is 10.1. The first-order valence-corrected chi connectivity index (χ1v) is 13.4. The molecule has 4 rings (SSSR count). The van der Waals surface area contributed by atoms with E-state index in [0.29, 0.717) is 36.2 Å². The molecule has 2 aromatic heterocycles. The van der Waals surface area contributed by atoms with Gasteiger partial charge in [-0.05, 0) is 50.2 Å². The van der Waals surface area contributed by atoms with Crippen molar-refractivity contribution in [3.63, 3.8) is 0 Å². The first-order valence-electron chi connectivity index (χ1n) is 11.5. The SMILES string of the molecule is COC[C@H](C)Oc1cc(Oc2ccc(S(C)(=O)=O)nc2)cc(-c2ccc(C3(CO)N[C@H](C)CO3)[nH]2)c1. The Hall–Kier alpha value is -2.96. The van der Waals surface area contributed by atoms with E-state index in [2.05, 4.69) is 15.3 Å². The van der Waals surface area contributed by atoms with Crippen LogP contribution in [0.25, 0.3) is 11.3 Å². The number of pyridine rings is 1. The number of hydrogen-bond acceptors (Lipinski definition) is 9. The average molecular weight is 518 g/mol. The van der Waals surface area contributed by atoms with E-state index in [1.54, 1.807) is 19.2 Å². The summed E-state index contributed by atoms with van der Waals surface area (Å²) in [5.41, 5.74) is 1.25. The normalized spacial score (nSPS) is 20.9. The lowest BCUT2D eigenvalue weighted by Gasteiger charge is -2.25. The van der Waals surface area contributed by atoms with E-state index < -0.39 is 15.6 Å². The third-order valence-corrected chi connectivity index (χ3v) is 6.66. The Balaban J connectivity index is 1.66. The van der Waals surface area contributed by atoms with Crippen LogP contribution in [0.4, 0.5) is 0 Å². The van der Waals surface area contributed by atoms with Gasteiger partial charge in [-0.25, -0.2) is 13.4 Å². The largest absolute Gasteiger partial charge is 0.488 e. The molecule has 1 unspecified atom stereocenters. The highest BCUT2D eigenvalue weighted by molar-refractivity contribution is 7.90. The number of aliphatic hydroxyl groups excluding tert-OH is 1. The van der Waals surface area contributed by atoms with Crippen molar-refractivity contribution in [1.29, 1.82) is 0 Å². The Bertz CT molecular complexity index is 1290. The minimum Gasteiger partial charge on any atom is -0.488 e. The summed E-state index contributed by atoms with van der Waals surface area (Å²) in [4.78, 5) is 7.32. The Labute approximate surface area is 210 Å². The van der Waals surface area contributed by atoms with Crippen molar-refractivity contribution < 1.29 is 32.5 Å². The van der Waals surface area contributed by atoms with Gasteiger partial charge >= 0.3 is 0 Å². The molecule has 0 amide bonds. The smallest absolute Gasteiger partial charge is 0.192 e. The molecule has 1 saturated heterocycles. The van der Waals surface area contributed by atoms with Crippen LogP contribution in [0.2, 0.25) is 0 Å². The van der Waals surface area contributed by atoms with E-state index in [0.717, 1.165) is 17.5 Å². The zero-order valence-electron chi connectivity index (χ0n) is 20.6. The molecule has 0 bridgehead atoms. The number of rotatable bonds is 10. The van der Waals surface area contributed by atoms with E-state index in [4.69, 9.17) is 18.9 Å². The highest BCUT2D eigenvalue weighted by Crippen LogP contribution is 2.35. The minimum atomic E-state index is -3.41. The predicted molar refractivity (Wildman–Crippen MR) is 133 cm³/mol. The van der Waals surface area contributed by atoms with Crippen LogP contribution in [0.15, 0.2) is 53.7 Å². The van der Waals surface area contributed by atoms with Gasteiger partial charge in [0, 0.05) is 36.7 Å². The number of hydrogen-bond donors (Lipinski definition) is 3. The Morgan fingerprint density at radius 1 is 1.19 bits per heavy atom. The lowest BCUT2D eigenvalue weighted by Crippen LogP contribution is -2.44. The fraction of sp³-hybridized carbons (Fsp3) is 0.400. The van der Waals surface area contributed by atoms with Crippen LogP contribution in [-0.2, 0) is 25.0 Å². The number of sulfone groups is 1. The maximum Gasteiger partial charge on any atom is 0.192 e. The summed E-state index contributed by atoms with van der Waals surface area (Å²) in [5.74, 6) is 1.40. The van der Waals surface area contributed by atoms with Gasteiger partial charge in [0.05, 0.1) is 31.7 Å². The number of benzene rings is 1. The fourth-order valence-corrected chi connectivity index (χ4v) is 4.58. The topological polar surface area (TPSA) is 132 Å². The lowest BCUT2D eigenvalue weighted by molar-refractivity contribution is -0.0594. The summed E-state index contributed by atoms with van der Waals surface area (Å²) in [7, 11) is -1.81. The number of ether oxygens (including phenoxy) is 4. The number of aromatic nitrogens is 2. The third-order valence-electron chi connectivity index (χ3n) is 5.66. The van der Waals surface area contributed by atoms with Gasteiger partial charge in [-0.1, -0.05) is 0 Å². The molecule has 3 heterocycles. The van der Waals surface area contributed by atoms with E-state index in [-0.39, 0.29) is 23.8 Å². The van der Waals surface area contributed by atoms with E-state index in [9.17, 15) is 13.5 Å². The van der Waals surface area contributed by atoms with Crippen LogP contribution in [0, 0.1) is 0 Å². The molecule has 3 N–H and O–H groups in total. The van der Waals surface area contributed by atoms with Crippen molar-refractivity contribution in [2.45, 2.75) is 36.7 Å². The molecule has 1 fully saturated rings. The van der Waals surface area contributed by atoms with Crippen LogP contribution in [0.3, 0.4) is 0 Å². The second-order valence-electron chi connectivity index (χ2n) is 8.91. The molecule has 0 aliphatic carbocycles. The van der Waals surface area contributed by atoms with Crippen molar-refractivity contribution in [3.05, 3.63) is 54.4 Å². The molecule has 1 aliphatic rings. The standard InChI is InChI=1S/C25H31N3O7S/c1-16-13-33-25(15-29,28-16)23-7-6-22(27-23)18-9-20(34-17(2)14-32-3)11-21(10-18)35-19-5-8-24(26-12-19)36(4,30)31/h5-12,16-17,27-29H,13-15H2,1-4H3/t16-,17+,25?/m1/s1. The first kappa shape index (κ1) is 26.1. The number of methoxy groups -OCH3 is 1. The monoisotopic (exact) mass is 517 g/mol. The Morgan fingerprint density at radius 2 is 1.97 bits per heavy atom. The fourth-order valence-electron chi connectivity index (χ4n) is 4.02. The molecule has 11 heteroatoms. The van der Waals surface area contributed by atoms with Crippen LogP contribution >= 0.6 is 0 Å². The molecule has 1 aliphatic heterocycles. The summed E-state index contributed by atoms with van der Waals surface area (Å²) in [6, 6.07) is 12.2. The highest BCUT2D eigenvalue weighted by atomic mass is 32.2. The minimum absolute atomic E-state index is 0.0326. The average Bonchev–Trinajstić information content (AvgIpc) is 3.47. The van der Waals surface area contributed by atoms with E-state index in [1.165, 1.54) is 12.3 Å². The maximum atomic E-state index is 11.7. The Kier molecular flexibility index (Phi) is 7.67. The molecule has 3 atom stereocenters. The second kappa shape index (κ2) is 10.6. The summed E-state index contributed by atoms with van der Waals surface area (Å²) in [6.45, 7) is 4.56. The molecule has 194 valence electrons. The number of aromatic amines is 1. The van der Waals surface area contributed by atoms with Crippen molar-refractivity contribution in [3.8, 4) is 28.5 Å². The van der Waals surface area contributed by atoms with Gasteiger partial charge in [0.1, 0.15) is 23.4 Å². The van der Waals surface area contributed by atoms with Crippen LogP contribution < -0.4 is 14.8 Å². The summed E-state index contributed by atoms with van der Waals surface area (Å²) < 4.78 is 46.5. The molecule has 3 aromatic rings. The Morgan fingerprint density at radius 3 is 2.58 bits per heavy atom. The summed E-state index contributed by atoms with van der Waals surface area (Å²) in [6.07, 6.45) is 2.25. The molecule has 36 heavy (non-hydrogen) atoms. The van der Waals surface area contributed by atoms with Gasteiger partial charge in [-0.15, -0.1) is 0 Å². The van der Waals surface area contributed by atoms with Gasteiger partial charge in [-0.2, -0.15) is 0 Å². The molecule has 1 aromatic carbocycles. The molecule has 0 radical (unpaired) electrons. The molecular formula is C25H31N3O7S. The molecule has 0 saturated carbocycles. The summed E-state index contributed by atoms with van der Waals surface area (Å²) >= 11 is 0. The number of aliphatic hydroxyl groups is 1. The van der Waals surface area contributed by atoms with E-state index in [1.807, 2.05) is 38.1 Å². The first-order chi connectivity index (χ1) is 17.1. The zero-order valence-corrected chi connectivity index (χ0v) is 21.5. The van der Waals surface area contributed by atoms with Crippen LogP contribution in [-0.4, -0.2) is 68.8 Å². The summed E-state index contributed by atoms with van der Waals surface area (Å²) in [5, 5.41) is 13.3. The molecular weight excluding hydrogens is 486 g/mol. The molecule has 10 nitrogen and oxygen atoms in total. The van der Waals surface area contributed by atoms with Crippen molar-refractivity contribution in [2.75, 3.05) is 33.2 Å². The predicted octanol–water partition coefficient (Wildman–Crippen LogP) is 2.84. The van der Waals surface area contributed by atoms with Crippen molar-refractivity contribution >= 4 is 9.84 Å². The van der Waals surface area contributed by atoms with Crippen LogP contribution in [0.1, 0.15) is 19.5 Å². The maximum absolute atomic E-state index is 11.7. The number of H-pyrrole nitrogens is 1. The van der Waals surface area contributed by atoms with Gasteiger partial charge in [0.25, 0.3) is 0 Å². The van der Waals surface area contributed by atoms with Gasteiger partial charge < -0.3 is 29.0 Å². The highest BCUT2D eigenvalue weighted by Gasteiger charge is 2.40. The zero-order chi connectivity index (χ0) is 25.9. The second-order valence-corrected chi connectivity index (χ2v) is 10.9. The number of nitrogens with zero attached hydrogens (tertiary/aromatic N) is 1. The van der Waals surface area contributed by atoms with Crippen molar-refractivity contribution in [2.24, 2.45) is 0 Å². The van der Waals surface area contributed by atoms with Crippen LogP contribution in [0.5, 0.6) is 17.2 Å². The molecule has 0 spiro atoms.